The third-order valence-corrected chi connectivity index (χ3v) is 4.48. The molecule has 1 aromatic rings. The Labute approximate surface area is 146 Å². The molecule has 0 spiro atoms. The second-order valence-electron chi connectivity index (χ2n) is 7.10. The van der Waals surface area contributed by atoms with Crippen molar-refractivity contribution in [2.45, 2.75) is 32.8 Å². The van der Waals surface area contributed by atoms with Crippen LogP contribution in [0.1, 0.15) is 25.8 Å². The summed E-state index contributed by atoms with van der Waals surface area (Å²) < 4.78 is 11.1. The Balaban J connectivity index is 1.89. The minimum absolute atomic E-state index is 0.301. The molecule has 1 fully saturated rings. The van der Waals surface area contributed by atoms with Crippen LogP contribution in [0.5, 0.6) is 11.5 Å². The van der Waals surface area contributed by atoms with Gasteiger partial charge < -0.3 is 19.5 Å². The second-order valence-corrected chi connectivity index (χ2v) is 7.10. The van der Waals surface area contributed by atoms with Crippen molar-refractivity contribution in [2.75, 3.05) is 33.4 Å². The molecule has 1 heterocycles. The van der Waals surface area contributed by atoms with Crippen molar-refractivity contribution in [3.8, 4) is 11.5 Å². The van der Waals surface area contributed by atoms with Crippen LogP contribution in [0.25, 0.3) is 0 Å². The van der Waals surface area contributed by atoms with Crippen molar-refractivity contribution >= 4 is 0 Å². The molecule has 0 aliphatic carbocycles. The summed E-state index contributed by atoms with van der Waals surface area (Å²) in [6, 6.07) is 5.73. The molecule has 0 radical (unpaired) electrons. The molecule has 134 valence electrons. The van der Waals surface area contributed by atoms with Gasteiger partial charge in [0.2, 0.25) is 0 Å². The minimum atomic E-state index is -0.485. The number of hydrogen-bond acceptors (Lipinski definition) is 4. The normalized spacial score (nSPS) is 22.8. The molecular formula is C20H31NO3. The summed E-state index contributed by atoms with van der Waals surface area (Å²) in [5.74, 6) is 2.98. The van der Waals surface area contributed by atoms with E-state index in [4.69, 9.17) is 9.47 Å². The van der Waals surface area contributed by atoms with Crippen molar-refractivity contribution < 1.29 is 14.6 Å². The van der Waals surface area contributed by atoms with Gasteiger partial charge in [0, 0.05) is 25.2 Å². The van der Waals surface area contributed by atoms with E-state index in [0.717, 1.165) is 30.2 Å². The zero-order valence-corrected chi connectivity index (χ0v) is 15.2. The van der Waals surface area contributed by atoms with Crippen LogP contribution in [0.2, 0.25) is 0 Å². The van der Waals surface area contributed by atoms with Gasteiger partial charge in [-0.1, -0.05) is 19.9 Å². The Morgan fingerprint density at radius 2 is 2.04 bits per heavy atom. The van der Waals surface area contributed by atoms with Gasteiger partial charge in [0.25, 0.3) is 0 Å². The Hall–Kier alpha value is -1.52. The van der Waals surface area contributed by atoms with E-state index in [1.807, 2.05) is 24.3 Å². The molecule has 4 heteroatoms. The van der Waals surface area contributed by atoms with E-state index in [1.54, 1.807) is 7.11 Å². The standard InChI is InChI=1S/C20H31NO3/c1-5-6-17-10-19(23-4)7-8-20(17)24-14-18(22)13-21-11-15(2)9-16(3)12-21/h5,7-8,10,15-16,18,22H,1,6,9,11-14H2,2-4H3/t15-,16-,18+/m1/s1. The van der Waals surface area contributed by atoms with Gasteiger partial charge in [-0.15, -0.1) is 6.58 Å². The van der Waals surface area contributed by atoms with Gasteiger partial charge in [-0.3, -0.25) is 0 Å². The fourth-order valence-electron chi connectivity index (χ4n) is 3.62. The number of methoxy groups -OCH3 is 1. The first-order chi connectivity index (χ1) is 11.5. The highest BCUT2D eigenvalue weighted by Gasteiger charge is 2.23. The Bertz CT molecular complexity index is 522. The third-order valence-electron chi connectivity index (χ3n) is 4.48. The predicted octanol–water partition coefficient (Wildman–Crippen LogP) is 3.14. The molecule has 4 nitrogen and oxygen atoms in total. The van der Waals surface area contributed by atoms with E-state index in [2.05, 4.69) is 25.3 Å². The number of rotatable bonds is 8. The van der Waals surface area contributed by atoms with Crippen LogP contribution < -0.4 is 9.47 Å². The van der Waals surface area contributed by atoms with Gasteiger partial charge >= 0.3 is 0 Å². The first-order valence-electron chi connectivity index (χ1n) is 8.82. The SMILES string of the molecule is C=CCc1cc(OC)ccc1OC[C@@H](O)CN1C[C@H](C)C[C@@H](C)C1. The van der Waals surface area contributed by atoms with Gasteiger partial charge in [0.15, 0.2) is 0 Å². The van der Waals surface area contributed by atoms with Crippen LogP contribution >= 0.6 is 0 Å². The Kier molecular flexibility index (Phi) is 7.13. The molecule has 0 amide bonds. The number of likely N-dealkylation sites (tertiary alicyclic amines) is 1. The molecule has 24 heavy (non-hydrogen) atoms. The summed E-state index contributed by atoms with van der Waals surface area (Å²) in [4.78, 5) is 2.35. The Morgan fingerprint density at radius 3 is 2.67 bits per heavy atom. The van der Waals surface area contributed by atoms with Gasteiger partial charge in [-0.05, 0) is 42.9 Å². The summed E-state index contributed by atoms with van der Waals surface area (Å²) >= 11 is 0. The van der Waals surface area contributed by atoms with Crippen molar-refractivity contribution in [3.63, 3.8) is 0 Å². The molecule has 1 aromatic carbocycles. The van der Waals surface area contributed by atoms with E-state index in [0.29, 0.717) is 31.4 Å². The van der Waals surface area contributed by atoms with Gasteiger partial charge in [0.1, 0.15) is 24.2 Å². The molecule has 1 N–H and O–H groups in total. The summed E-state index contributed by atoms with van der Waals surface area (Å²) in [6.07, 6.45) is 3.35. The number of allylic oxidation sites excluding steroid dienone is 1. The maximum atomic E-state index is 10.3. The molecule has 1 saturated heterocycles. The quantitative estimate of drug-likeness (QED) is 0.742. The first-order valence-corrected chi connectivity index (χ1v) is 8.82. The fourth-order valence-corrected chi connectivity index (χ4v) is 3.62. The lowest BCUT2D eigenvalue weighted by atomic mass is 9.92. The number of benzene rings is 1. The van der Waals surface area contributed by atoms with Crippen LogP contribution in [-0.4, -0.2) is 49.5 Å². The van der Waals surface area contributed by atoms with Gasteiger partial charge in [-0.25, -0.2) is 0 Å². The maximum Gasteiger partial charge on any atom is 0.123 e. The summed E-state index contributed by atoms with van der Waals surface area (Å²) in [5.41, 5.74) is 1.02. The molecule has 0 unspecified atom stereocenters. The first kappa shape index (κ1) is 18.8. The summed E-state index contributed by atoms with van der Waals surface area (Å²) in [5, 5.41) is 10.3. The number of piperidine rings is 1. The average Bonchev–Trinajstić information content (AvgIpc) is 2.53. The lowest BCUT2D eigenvalue weighted by Gasteiger charge is -2.35. The second kappa shape index (κ2) is 9.09. The van der Waals surface area contributed by atoms with Crippen molar-refractivity contribution in [3.05, 3.63) is 36.4 Å². The lowest BCUT2D eigenvalue weighted by molar-refractivity contribution is 0.0427. The van der Waals surface area contributed by atoms with E-state index >= 15 is 0 Å². The maximum absolute atomic E-state index is 10.3. The minimum Gasteiger partial charge on any atom is -0.497 e. The van der Waals surface area contributed by atoms with Crippen molar-refractivity contribution in [2.24, 2.45) is 11.8 Å². The number of hydrogen-bond donors (Lipinski definition) is 1. The van der Waals surface area contributed by atoms with Crippen LogP contribution in [0, 0.1) is 11.8 Å². The lowest BCUT2D eigenvalue weighted by Crippen LogP contribution is -2.44. The third kappa shape index (κ3) is 5.53. The summed E-state index contributed by atoms with van der Waals surface area (Å²) in [6.45, 7) is 11.4. The van der Waals surface area contributed by atoms with Crippen LogP contribution in [0.3, 0.4) is 0 Å². The van der Waals surface area contributed by atoms with Crippen LogP contribution in [-0.2, 0) is 6.42 Å². The molecule has 2 rings (SSSR count). The highest BCUT2D eigenvalue weighted by atomic mass is 16.5. The highest BCUT2D eigenvalue weighted by Crippen LogP contribution is 2.25. The molecule has 0 aromatic heterocycles. The molecule has 0 saturated carbocycles. The van der Waals surface area contributed by atoms with Crippen molar-refractivity contribution in [1.82, 2.24) is 4.90 Å². The monoisotopic (exact) mass is 333 g/mol. The van der Waals surface area contributed by atoms with Crippen molar-refractivity contribution in [1.29, 1.82) is 0 Å². The number of aliphatic hydroxyl groups excluding tert-OH is 1. The number of ether oxygens (including phenoxy) is 2. The highest BCUT2D eigenvalue weighted by molar-refractivity contribution is 5.41. The zero-order valence-electron chi connectivity index (χ0n) is 15.2. The van der Waals surface area contributed by atoms with E-state index in [1.165, 1.54) is 6.42 Å². The Morgan fingerprint density at radius 1 is 1.33 bits per heavy atom. The molecular weight excluding hydrogens is 302 g/mol. The fraction of sp³-hybridized carbons (Fsp3) is 0.600. The predicted molar refractivity (Wildman–Crippen MR) is 97.8 cm³/mol. The average molecular weight is 333 g/mol. The molecule has 3 atom stereocenters. The van der Waals surface area contributed by atoms with Gasteiger partial charge in [0.05, 0.1) is 7.11 Å². The largest absolute Gasteiger partial charge is 0.497 e. The molecule has 0 bridgehead atoms. The van der Waals surface area contributed by atoms with E-state index < -0.39 is 6.10 Å². The van der Waals surface area contributed by atoms with Crippen LogP contribution in [0.15, 0.2) is 30.9 Å². The van der Waals surface area contributed by atoms with Gasteiger partial charge in [-0.2, -0.15) is 0 Å². The zero-order chi connectivity index (χ0) is 17.5. The summed E-state index contributed by atoms with van der Waals surface area (Å²) in [7, 11) is 1.65. The van der Waals surface area contributed by atoms with E-state index in [-0.39, 0.29) is 0 Å². The topological polar surface area (TPSA) is 41.9 Å². The smallest absolute Gasteiger partial charge is 0.123 e. The number of aliphatic hydroxyl groups is 1. The molecule has 1 aliphatic heterocycles. The number of nitrogens with zero attached hydrogens (tertiary/aromatic N) is 1. The molecule has 1 aliphatic rings. The number of β-amino-alcohol motifs (C(OH)–C–C–N with tert-alkyl or cyclic N) is 1. The van der Waals surface area contributed by atoms with Crippen LogP contribution in [0.4, 0.5) is 0 Å². The van der Waals surface area contributed by atoms with E-state index in [9.17, 15) is 5.11 Å².